The van der Waals surface area contributed by atoms with Gasteiger partial charge in [0.1, 0.15) is 5.25 Å². The van der Waals surface area contributed by atoms with Gasteiger partial charge in [-0.25, -0.2) is 4.99 Å². The first-order valence-corrected chi connectivity index (χ1v) is 10.9. The summed E-state index contributed by atoms with van der Waals surface area (Å²) in [6, 6.07) is 21.8. The topological polar surface area (TPSA) is 74.7 Å². The van der Waals surface area contributed by atoms with Crippen LogP contribution in [0.3, 0.4) is 0 Å². The zero-order chi connectivity index (χ0) is 21.6. The van der Waals surface area contributed by atoms with Crippen LogP contribution in [0.2, 0.25) is 5.02 Å². The van der Waals surface area contributed by atoms with Crippen molar-refractivity contribution in [3.63, 3.8) is 0 Å². The molecular weight excluding hydrogens is 432 g/mol. The van der Waals surface area contributed by atoms with E-state index in [1.165, 1.54) is 11.8 Å². The van der Waals surface area contributed by atoms with Crippen LogP contribution in [-0.4, -0.2) is 32.1 Å². The van der Waals surface area contributed by atoms with E-state index in [1.54, 1.807) is 35.4 Å². The van der Waals surface area contributed by atoms with Gasteiger partial charge in [-0.15, -0.1) is 0 Å². The number of rotatable bonds is 6. The van der Waals surface area contributed by atoms with E-state index in [1.807, 2.05) is 48.5 Å². The maximum atomic E-state index is 13.1. The normalized spacial score (nSPS) is 17.2. The zero-order valence-corrected chi connectivity index (χ0v) is 18.0. The number of carbonyl (C=O) groups excluding carboxylic acids is 2. The second kappa shape index (κ2) is 9.76. The maximum absolute atomic E-state index is 13.1. The first-order chi connectivity index (χ1) is 15.1. The van der Waals surface area contributed by atoms with Gasteiger partial charge in [0.15, 0.2) is 5.17 Å². The highest BCUT2D eigenvalue weighted by molar-refractivity contribution is 8.15. The van der Waals surface area contributed by atoms with Crippen LogP contribution in [0.25, 0.3) is 0 Å². The van der Waals surface area contributed by atoms with Crippen LogP contribution in [0, 0.1) is 0 Å². The van der Waals surface area contributed by atoms with Gasteiger partial charge in [-0.1, -0.05) is 47.6 Å². The van der Waals surface area contributed by atoms with Gasteiger partial charge >= 0.3 is 0 Å². The quantitative estimate of drug-likeness (QED) is 0.579. The molecule has 1 atom stereocenters. The molecule has 0 aliphatic carbocycles. The molecule has 1 unspecified atom stereocenters. The van der Waals surface area contributed by atoms with Gasteiger partial charge in [0.2, 0.25) is 11.8 Å². The molecule has 0 radical (unpaired) electrons. The SMILES string of the molecule is O=C(CC1SC(=Nc2ccccc2)N(Cc2ccccn2)C1=O)Nc1ccc(Cl)cc1. The molecule has 0 bridgehead atoms. The third kappa shape index (κ3) is 5.51. The van der Waals surface area contributed by atoms with Gasteiger partial charge in [-0.05, 0) is 48.5 Å². The largest absolute Gasteiger partial charge is 0.326 e. The van der Waals surface area contributed by atoms with Crippen LogP contribution in [0.15, 0.2) is 84.0 Å². The third-order valence-corrected chi connectivity index (χ3v) is 5.97. The lowest BCUT2D eigenvalue weighted by Crippen LogP contribution is -2.33. The van der Waals surface area contributed by atoms with Gasteiger partial charge in [0.25, 0.3) is 0 Å². The highest BCUT2D eigenvalue weighted by Crippen LogP contribution is 2.32. The molecule has 0 spiro atoms. The van der Waals surface area contributed by atoms with Crippen molar-refractivity contribution in [3.8, 4) is 0 Å². The fourth-order valence-electron chi connectivity index (χ4n) is 3.05. The summed E-state index contributed by atoms with van der Waals surface area (Å²) in [5, 5.41) is 3.41. The Hall–Kier alpha value is -3.16. The van der Waals surface area contributed by atoms with E-state index in [0.29, 0.717) is 22.4 Å². The average Bonchev–Trinajstić information content (AvgIpc) is 3.05. The minimum Gasteiger partial charge on any atom is -0.326 e. The van der Waals surface area contributed by atoms with Crippen LogP contribution in [0.5, 0.6) is 0 Å². The number of hydrogen-bond donors (Lipinski definition) is 1. The minimum absolute atomic E-state index is 0.0403. The number of benzene rings is 2. The number of para-hydroxylation sites is 1. The molecule has 4 rings (SSSR count). The molecular formula is C23H19ClN4O2S. The van der Waals surface area contributed by atoms with Crippen molar-refractivity contribution in [2.24, 2.45) is 4.99 Å². The number of aromatic nitrogens is 1. The number of nitrogens with zero attached hydrogens (tertiary/aromatic N) is 3. The summed E-state index contributed by atoms with van der Waals surface area (Å²) in [5.41, 5.74) is 2.13. The lowest BCUT2D eigenvalue weighted by atomic mass is 10.2. The second-order valence-corrected chi connectivity index (χ2v) is 8.45. The number of carbonyl (C=O) groups is 2. The Labute approximate surface area is 189 Å². The number of aliphatic imine (C=N–C) groups is 1. The van der Waals surface area contributed by atoms with Gasteiger partial charge in [0.05, 0.1) is 17.9 Å². The van der Waals surface area contributed by atoms with Gasteiger partial charge in [-0.2, -0.15) is 0 Å². The molecule has 1 aliphatic heterocycles. The fourth-order valence-corrected chi connectivity index (χ4v) is 4.33. The van der Waals surface area contributed by atoms with E-state index in [4.69, 9.17) is 11.6 Å². The maximum Gasteiger partial charge on any atom is 0.243 e. The smallest absolute Gasteiger partial charge is 0.243 e. The standard InChI is InChI=1S/C23H19ClN4O2S/c24-16-9-11-18(12-10-16)26-21(29)14-20-22(30)28(15-19-8-4-5-13-25-19)23(31-20)27-17-6-2-1-3-7-17/h1-13,20H,14-15H2,(H,26,29). The van der Waals surface area contributed by atoms with Crippen molar-refractivity contribution < 1.29 is 9.59 Å². The van der Waals surface area contributed by atoms with E-state index in [0.717, 1.165) is 11.4 Å². The first-order valence-electron chi connectivity index (χ1n) is 9.65. The van der Waals surface area contributed by atoms with Crippen molar-refractivity contribution >= 4 is 51.7 Å². The second-order valence-electron chi connectivity index (χ2n) is 6.84. The molecule has 1 saturated heterocycles. The monoisotopic (exact) mass is 450 g/mol. The van der Waals surface area contributed by atoms with Gasteiger partial charge in [0, 0.05) is 23.3 Å². The predicted octanol–water partition coefficient (Wildman–Crippen LogP) is 4.90. The van der Waals surface area contributed by atoms with Crippen molar-refractivity contribution in [2.45, 2.75) is 18.2 Å². The zero-order valence-electron chi connectivity index (χ0n) is 16.4. The number of nitrogens with one attached hydrogen (secondary N) is 1. The van der Waals surface area contributed by atoms with Crippen molar-refractivity contribution in [1.29, 1.82) is 0 Å². The summed E-state index contributed by atoms with van der Waals surface area (Å²) < 4.78 is 0. The Kier molecular flexibility index (Phi) is 6.64. The molecule has 2 heterocycles. The molecule has 0 saturated carbocycles. The summed E-state index contributed by atoms with van der Waals surface area (Å²) in [5.74, 6) is -0.400. The van der Waals surface area contributed by atoms with Crippen LogP contribution in [0.1, 0.15) is 12.1 Å². The summed E-state index contributed by atoms with van der Waals surface area (Å²) in [4.78, 5) is 36.3. The van der Waals surface area contributed by atoms with E-state index in [-0.39, 0.29) is 18.2 Å². The van der Waals surface area contributed by atoms with E-state index in [2.05, 4.69) is 15.3 Å². The Morgan fingerprint density at radius 2 is 1.81 bits per heavy atom. The van der Waals surface area contributed by atoms with Crippen LogP contribution >= 0.6 is 23.4 Å². The molecule has 2 aromatic carbocycles. The number of pyridine rings is 1. The van der Waals surface area contributed by atoms with E-state index in [9.17, 15) is 9.59 Å². The lowest BCUT2D eigenvalue weighted by Gasteiger charge is -2.16. The molecule has 1 aliphatic rings. The van der Waals surface area contributed by atoms with E-state index >= 15 is 0 Å². The number of halogens is 1. The Morgan fingerprint density at radius 1 is 1.06 bits per heavy atom. The molecule has 3 aromatic rings. The molecule has 2 amide bonds. The van der Waals surface area contributed by atoms with Crippen molar-refractivity contribution in [2.75, 3.05) is 5.32 Å². The third-order valence-electron chi connectivity index (χ3n) is 4.55. The van der Waals surface area contributed by atoms with Crippen LogP contribution < -0.4 is 5.32 Å². The lowest BCUT2D eigenvalue weighted by molar-refractivity contribution is -0.128. The molecule has 6 nitrogen and oxygen atoms in total. The number of thioether (sulfide) groups is 1. The summed E-state index contributed by atoms with van der Waals surface area (Å²) in [6.45, 7) is 0.299. The van der Waals surface area contributed by atoms with Crippen LogP contribution in [0.4, 0.5) is 11.4 Å². The Bertz CT molecular complexity index is 1090. The van der Waals surface area contributed by atoms with Gasteiger partial charge < -0.3 is 5.32 Å². The Balaban J connectivity index is 1.52. The molecule has 31 heavy (non-hydrogen) atoms. The summed E-state index contributed by atoms with van der Waals surface area (Å²) in [6.07, 6.45) is 1.73. The van der Waals surface area contributed by atoms with Crippen molar-refractivity contribution in [1.82, 2.24) is 9.88 Å². The average molecular weight is 451 g/mol. The molecule has 156 valence electrons. The summed E-state index contributed by atoms with van der Waals surface area (Å²) in [7, 11) is 0. The molecule has 1 aromatic heterocycles. The fraction of sp³-hybridized carbons (Fsp3) is 0.130. The molecule has 1 fully saturated rings. The highest BCUT2D eigenvalue weighted by Gasteiger charge is 2.39. The summed E-state index contributed by atoms with van der Waals surface area (Å²) >= 11 is 7.18. The van der Waals surface area contributed by atoms with E-state index < -0.39 is 5.25 Å². The van der Waals surface area contributed by atoms with Crippen molar-refractivity contribution in [3.05, 3.63) is 89.7 Å². The molecule has 1 N–H and O–H groups in total. The first kappa shape index (κ1) is 21.1. The number of amidine groups is 1. The highest BCUT2D eigenvalue weighted by atomic mass is 35.5. The van der Waals surface area contributed by atoms with Gasteiger partial charge in [-0.3, -0.25) is 19.5 Å². The number of amides is 2. The number of anilines is 1. The molecule has 8 heteroatoms. The minimum atomic E-state index is -0.557. The van der Waals surface area contributed by atoms with Crippen LogP contribution in [-0.2, 0) is 16.1 Å². The predicted molar refractivity (Wildman–Crippen MR) is 124 cm³/mol. The Morgan fingerprint density at radius 3 is 2.52 bits per heavy atom. The number of hydrogen-bond acceptors (Lipinski definition) is 5.